The molecule has 0 spiro atoms. The molecule has 1 N–H and O–H groups in total. The van der Waals surface area contributed by atoms with Gasteiger partial charge in [0.25, 0.3) is 5.91 Å². The molecule has 0 aliphatic rings. The third-order valence-corrected chi connectivity index (χ3v) is 5.80. The summed E-state index contributed by atoms with van der Waals surface area (Å²) in [6.45, 7) is 2.90. The summed E-state index contributed by atoms with van der Waals surface area (Å²) in [4.78, 5) is 12.4. The number of rotatable bonds is 12. The zero-order chi connectivity index (χ0) is 21.7. The van der Waals surface area contributed by atoms with E-state index in [9.17, 15) is 4.79 Å². The Labute approximate surface area is 187 Å². The number of unbranched alkanes of at least 4 members (excludes halogenated alkanes) is 5. The lowest BCUT2D eigenvalue weighted by Crippen LogP contribution is -2.25. The Kier molecular flexibility index (Phi) is 9.37. The summed E-state index contributed by atoms with van der Waals surface area (Å²) in [5, 5.41) is 3.01. The topological polar surface area (TPSA) is 29.1 Å². The molecule has 162 valence electrons. The minimum Gasteiger partial charge on any atom is -0.352 e. The second-order valence-corrected chi connectivity index (χ2v) is 8.28. The molecule has 0 radical (unpaired) electrons. The highest BCUT2D eigenvalue weighted by Crippen LogP contribution is 2.21. The first kappa shape index (κ1) is 22.8. The molecule has 0 atom stereocenters. The number of carbonyl (C=O) groups is 1. The summed E-state index contributed by atoms with van der Waals surface area (Å²) >= 11 is 0. The van der Waals surface area contributed by atoms with Crippen molar-refractivity contribution in [3.63, 3.8) is 0 Å². The number of nitrogens with one attached hydrogen (secondary N) is 1. The van der Waals surface area contributed by atoms with E-state index in [0.29, 0.717) is 12.1 Å². The molecule has 31 heavy (non-hydrogen) atoms. The van der Waals surface area contributed by atoms with Crippen LogP contribution in [-0.4, -0.2) is 12.5 Å². The average Bonchev–Trinajstić information content (AvgIpc) is 2.82. The molecule has 0 unspecified atom stereocenters. The van der Waals surface area contributed by atoms with Crippen LogP contribution in [0.15, 0.2) is 78.9 Å². The molecule has 0 saturated heterocycles. The van der Waals surface area contributed by atoms with Gasteiger partial charge in [-0.05, 0) is 53.6 Å². The first-order valence-corrected chi connectivity index (χ1v) is 11.8. The molecular weight excluding hydrogens is 378 g/mol. The Morgan fingerprint density at radius 1 is 0.645 bits per heavy atom. The van der Waals surface area contributed by atoms with E-state index >= 15 is 0 Å². The van der Waals surface area contributed by atoms with Crippen molar-refractivity contribution in [3.8, 4) is 11.1 Å². The van der Waals surface area contributed by atoms with Crippen molar-refractivity contribution in [2.45, 2.75) is 58.3 Å². The van der Waals surface area contributed by atoms with E-state index in [1.54, 1.807) is 0 Å². The SMILES string of the molecule is CCCCCCCCc1ccc(-c2ccc(C(=O)NCCc3ccccc3)cc2)cc1. The fraction of sp³-hybridized carbons (Fsp3) is 0.345. The molecule has 0 aliphatic heterocycles. The summed E-state index contributed by atoms with van der Waals surface area (Å²) < 4.78 is 0. The van der Waals surface area contributed by atoms with Crippen LogP contribution < -0.4 is 5.32 Å². The van der Waals surface area contributed by atoms with Gasteiger partial charge in [-0.3, -0.25) is 4.79 Å². The Hall–Kier alpha value is -2.87. The van der Waals surface area contributed by atoms with E-state index in [4.69, 9.17) is 0 Å². The maximum atomic E-state index is 12.4. The van der Waals surface area contributed by atoms with E-state index in [-0.39, 0.29) is 5.91 Å². The lowest BCUT2D eigenvalue weighted by atomic mass is 10.00. The zero-order valence-electron chi connectivity index (χ0n) is 18.8. The predicted molar refractivity (Wildman–Crippen MR) is 131 cm³/mol. The third kappa shape index (κ3) is 7.71. The molecule has 2 heteroatoms. The van der Waals surface area contributed by atoms with Crippen molar-refractivity contribution in [2.24, 2.45) is 0 Å². The van der Waals surface area contributed by atoms with Gasteiger partial charge in [0.2, 0.25) is 0 Å². The van der Waals surface area contributed by atoms with Crippen LogP contribution in [0.2, 0.25) is 0 Å². The molecule has 3 rings (SSSR count). The Morgan fingerprint density at radius 3 is 1.90 bits per heavy atom. The van der Waals surface area contributed by atoms with E-state index in [1.807, 2.05) is 42.5 Å². The Morgan fingerprint density at radius 2 is 1.23 bits per heavy atom. The van der Waals surface area contributed by atoms with Gasteiger partial charge in [0.05, 0.1) is 0 Å². The summed E-state index contributed by atoms with van der Waals surface area (Å²) in [5.41, 5.74) is 5.69. The lowest BCUT2D eigenvalue weighted by molar-refractivity contribution is 0.0954. The number of benzene rings is 3. The molecular formula is C29H35NO. The average molecular weight is 414 g/mol. The standard InChI is InChI=1S/C29H35NO/c1-2-3-4-5-6-8-13-25-14-16-26(17-15-25)27-18-20-28(21-19-27)29(31)30-23-22-24-11-9-7-10-12-24/h7,9-12,14-21H,2-6,8,13,22-23H2,1H3,(H,30,31). The second kappa shape index (κ2) is 12.7. The van der Waals surface area contributed by atoms with E-state index in [0.717, 1.165) is 18.4 Å². The van der Waals surface area contributed by atoms with Crippen LogP contribution in [0, 0.1) is 0 Å². The Balaban J connectivity index is 1.45. The Bertz CT molecular complexity index is 898. The van der Waals surface area contributed by atoms with Gasteiger partial charge in [-0.2, -0.15) is 0 Å². The van der Waals surface area contributed by atoms with Crippen LogP contribution in [-0.2, 0) is 12.8 Å². The molecule has 0 aromatic heterocycles. The van der Waals surface area contributed by atoms with E-state index in [1.165, 1.54) is 55.2 Å². The molecule has 3 aromatic carbocycles. The molecule has 0 bridgehead atoms. The monoisotopic (exact) mass is 413 g/mol. The highest BCUT2D eigenvalue weighted by atomic mass is 16.1. The van der Waals surface area contributed by atoms with Crippen molar-refractivity contribution in [1.29, 1.82) is 0 Å². The molecule has 0 heterocycles. The van der Waals surface area contributed by atoms with Gasteiger partial charge in [-0.25, -0.2) is 0 Å². The largest absolute Gasteiger partial charge is 0.352 e. The summed E-state index contributed by atoms with van der Waals surface area (Å²) in [7, 11) is 0. The quantitative estimate of drug-likeness (QED) is 0.312. The van der Waals surface area contributed by atoms with Gasteiger partial charge in [0, 0.05) is 12.1 Å². The fourth-order valence-corrected chi connectivity index (χ4v) is 3.85. The van der Waals surface area contributed by atoms with Gasteiger partial charge in [-0.1, -0.05) is 106 Å². The van der Waals surface area contributed by atoms with Gasteiger partial charge < -0.3 is 5.32 Å². The number of amides is 1. The minimum absolute atomic E-state index is 0.0169. The lowest BCUT2D eigenvalue weighted by Gasteiger charge is -2.08. The molecule has 0 aliphatic carbocycles. The maximum absolute atomic E-state index is 12.4. The van der Waals surface area contributed by atoms with Gasteiger partial charge in [0.1, 0.15) is 0 Å². The first-order chi connectivity index (χ1) is 15.3. The summed E-state index contributed by atoms with van der Waals surface area (Å²) in [6.07, 6.45) is 10.0. The number of aryl methyl sites for hydroxylation is 1. The highest BCUT2D eigenvalue weighted by Gasteiger charge is 2.06. The van der Waals surface area contributed by atoms with Crippen molar-refractivity contribution >= 4 is 5.91 Å². The second-order valence-electron chi connectivity index (χ2n) is 8.28. The molecule has 0 fully saturated rings. The van der Waals surface area contributed by atoms with Crippen LogP contribution >= 0.6 is 0 Å². The van der Waals surface area contributed by atoms with Crippen LogP contribution in [0.5, 0.6) is 0 Å². The first-order valence-electron chi connectivity index (χ1n) is 11.8. The van der Waals surface area contributed by atoms with Crippen molar-refractivity contribution in [1.82, 2.24) is 5.32 Å². The number of carbonyl (C=O) groups excluding carboxylic acids is 1. The highest BCUT2D eigenvalue weighted by molar-refractivity contribution is 5.94. The third-order valence-electron chi connectivity index (χ3n) is 5.80. The van der Waals surface area contributed by atoms with Gasteiger partial charge >= 0.3 is 0 Å². The molecule has 3 aromatic rings. The van der Waals surface area contributed by atoms with Crippen molar-refractivity contribution in [3.05, 3.63) is 95.6 Å². The smallest absolute Gasteiger partial charge is 0.251 e. The van der Waals surface area contributed by atoms with Crippen molar-refractivity contribution < 1.29 is 4.79 Å². The van der Waals surface area contributed by atoms with E-state index < -0.39 is 0 Å². The van der Waals surface area contributed by atoms with Crippen LogP contribution in [0.3, 0.4) is 0 Å². The van der Waals surface area contributed by atoms with Gasteiger partial charge in [-0.15, -0.1) is 0 Å². The van der Waals surface area contributed by atoms with Crippen LogP contribution in [0.1, 0.15) is 66.9 Å². The van der Waals surface area contributed by atoms with Gasteiger partial charge in [0.15, 0.2) is 0 Å². The molecule has 1 amide bonds. The maximum Gasteiger partial charge on any atom is 0.251 e. The minimum atomic E-state index is -0.0169. The van der Waals surface area contributed by atoms with Crippen LogP contribution in [0.4, 0.5) is 0 Å². The van der Waals surface area contributed by atoms with Crippen LogP contribution in [0.25, 0.3) is 11.1 Å². The molecule has 2 nitrogen and oxygen atoms in total. The zero-order valence-corrected chi connectivity index (χ0v) is 18.8. The normalized spacial score (nSPS) is 10.7. The number of hydrogen-bond donors (Lipinski definition) is 1. The summed E-state index contributed by atoms with van der Waals surface area (Å²) in [5.74, 6) is -0.0169. The fourth-order valence-electron chi connectivity index (χ4n) is 3.85. The van der Waals surface area contributed by atoms with E-state index in [2.05, 4.69) is 48.6 Å². The molecule has 0 saturated carbocycles. The summed E-state index contributed by atoms with van der Waals surface area (Å²) in [6, 6.07) is 27.0. The van der Waals surface area contributed by atoms with Crippen molar-refractivity contribution in [2.75, 3.05) is 6.54 Å². The predicted octanol–water partition coefficient (Wildman–Crippen LogP) is 7.23. The number of hydrogen-bond acceptors (Lipinski definition) is 1.